The highest BCUT2D eigenvalue weighted by atomic mass is 16.4. The topological polar surface area (TPSA) is 83.6 Å². The van der Waals surface area contributed by atoms with Crippen LogP contribution in [0.3, 0.4) is 0 Å². The van der Waals surface area contributed by atoms with Gasteiger partial charge in [-0.3, -0.25) is 4.79 Å². The first-order chi connectivity index (χ1) is 8.06. The second kappa shape index (κ2) is 6.59. The third-order valence-corrected chi connectivity index (χ3v) is 3.36. The number of hydrogen-bond donors (Lipinski definition) is 2. The highest BCUT2D eigenvalue weighted by molar-refractivity contribution is 5.83. The van der Waals surface area contributed by atoms with Gasteiger partial charge in [-0.2, -0.15) is 0 Å². The second-order valence-corrected chi connectivity index (χ2v) is 4.82. The lowest BCUT2D eigenvalue weighted by Gasteiger charge is -2.33. The zero-order chi connectivity index (χ0) is 12.8. The van der Waals surface area contributed by atoms with Gasteiger partial charge < -0.3 is 15.7 Å². The third-order valence-electron chi connectivity index (χ3n) is 3.36. The first kappa shape index (κ1) is 14.0. The van der Waals surface area contributed by atoms with Crippen molar-refractivity contribution >= 4 is 11.9 Å². The van der Waals surface area contributed by atoms with Crippen LogP contribution in [-0.4, -0.2) is 41.0 Å². The van der Waals surface area contributed by atoms with E-state index in [-0.39, 0.29) is 5.91 Å². The highest BCUT2D eigenvalue weighted by Crippen LogP contribution is 2.19. The van der Waals surface area contributed by atoms with Crippen molar-refractivity contribution in [2.45, 2.75) is 45.1 Å². The number of carboxylic acids is 1. The number of likely N-dealkylation sites (tertiary alicyclic amines) is 1. The maximum absolute atomic E-state index is 12.0. The normalized spacial score (nSPS) is 22.2. The Morgan fingerprint density at radius 2 is 2.18 bits per heavy atom. The standard InChI is InChI=1S/C12H22N2O3/c1-9(8-13)5-6-11(15)14-7-3-2-4-10(14)12(16)17/h9-10H,2-8,13H2,1H3,(H,16,17). The molecule has 5 heteroatoms. The van der Waals surface area contributed by atoms with Gasteiger partial charge in [0.1, 0.15) is 6.04 Å². The number of piperidine rings is 1. The number of nitrogens with zero attached hydrogens (tertiary/aromatic N) is 1. The van der Waals surface area contributed by atoms with E-state index in [0.717, 1.165) is 19.3 Å². The van der Waals surface area contributed by atoms with Crippen LogP contribution in [0.2, 0.25) is 0 Å². The summed E-state index contributed by atoms with van der Waals surface area (Å²) in [6.45, 7) is 3.14. The summed E-state index contributed by atoms with van der Waals surface area (Å²) in [5.74, 6) is -0.616. The number of amides is 1. The van der Waals surface area contributed by atoms with E-state index in [1.165, 1.54) is 4.90 Å². The molecule has 17 heavy (non-hydrogen) atoms. The Labute approximate surface area is 102 Å². The van der Waals surface area contributed by atoms with Gasteiger partial charge in [0.2, 0.25) is 5.91 Å². The average molecular weight is 242 g/mol. The molecule has 1 aliphatic rings. The lowest BCUT2D eigenvalue weighted by atomic mass is 10.00. The minimum atomic E-state index is -0.884. The van der Waals surface area contributed by atoms with Crippen LogP contribution in [0.4, 0.5) is 0 Å². The summed E-state index contributed by atoms with van der Waals surface area (Å²) in [6.07, 6.45) is 3.51. The van der Waals surface area contributed by atoms with Crippen LogP contribution in [0.15, 0.2) is 0 Å². The van der Waals surface area contributed by atoms with Crippen molar-refractivity contribution in [2.24, 2.45) is 11.7 Å². The smallest absolute Gasteiger partial charge is 0.326 e. The van der Waals surface area contributed by atoms with E-state index in [1.807, 2.05) is 6.92 Å². The molecule has 2 atom stereocenters. The van der Waals surface area contributed by atoms with Crippen LogP contribution < -0.4 is 5.73 Å². The Morgan fingerprint density at radius 1 is 1.47 bits per heavy atom. The molecule has 1 saturated heterocycles. The van der Waals surface area contributed by atoms with E-state index in [0.29, 0.717) is 31.8 Å². The molecule has 1 amide bonds. The molecule has 0 aromatic heterocycles. The molecule has 5 nitrogen and oxygen atoms in total. The fourth-order valence-electron chi connectivity index (χ4n) is 2.12. The van der Waals surface area contributed by atoms with Gasteiger partial charge in [-0.1, -0.05) is 6.92 Å². The van der Waals surface area contributed by atoms with Gasteiger partial charge in [0.05, 0.1) is 0 Å². The Hall–Kier alpha value is -1.10. The van der Waals surface area contributed by atoms with Crippen LogP contribution in [0.5, 0.6) is 0 Å². The first-order valence-corrected chi connectivity index (χ1v) is 6.28. The van der Waals surface area contributed by atoms with Gasteiger partial charge in [-0.05, 0) is 38.1 Å². The lowest BCUT2D eigenvalue weighted by molar-refractivity contribution is -0.152. The predicted octanol–water partition coefficient (Wildman–Crippen LogP) is 0.827. The van der Waals surface area contributed by atoms with Crippen LogP contribution in [0.1, 0.15) is 39.0 Å². The minimum absolute atomic E-state index is 0.0441. The van der Waals surface area contributed by atoms with Gasteiger partial charge in [-0.15, -0.1) is 0 Å². The zero-order valence-electron chi connectivity index (χ0n) is 10.4. The Kier molecular flexibility index (Phi) is 5.41. The van der Waals surface area contributed by atoms with Crippen molar-refractivity contribution in [1.29, 1.82) is 0 Å². The molecule has 0 aromatic rings. The summed E-state index contributed by atoms with van der Waals surface area (Å²) >= 11 is 0. The van der Waals surface area contributed by atoms with Crippen molar-refractivity contribution in [3.05, 3.63) is 0 Å². The molecule has 1 aliphatic heterocycles. The molecule has 1 fully saturated rings. The van der Waals surface area contributed by atoms with Gasteiger partial charge in [0.25, 0.3) is 0 Å². The Bertz CT molecular complexity index is 281. The van der Waals surface area contributed by atoms with E-state index in [4.69, 9.17) is 10.8 Å². The number of rotatable bonds is 5. The number of carbonyl (C=O) groups is 2. The van der Waals surface area contributed by atoms with Crippen molar-refractivity contribution in [3.63, 3.8) is 0 Å². The van der Waals surface area contributed by atoms with Crippen molar-refractivity contribution < 1.29 is 14.7 Å². The molecule has 3 N–H and O–H groups in total. The second-order valence-electron chi connectivity index (χ2n) is 4.82. The summed E-state index contributed by atoms with van der Waals surface area (Å²) in [5, 5.41) is 9.07. The van der Waals surface area contributed by atoms with E-state index in [1.54, 1.807) is 0 Å². The molecule has 1 rings (SSSR count). The van der Waals surface area contributed by atoms with Crippen LogP contribution in [-0.2, 0) is 9.59 Å². The van der Waals surface area contributed by atoms with Gasteiger partial charge in [0, 0.05) is 13.0 Å². The summed E-state index contributed by atoms with van der Waals surface area (Å²) in [7, 11) is 0. The molecule has 0 bridgehead atoms. The van der Waals surface area contributed by atoms with Gasteiger partial charge in [-0.25, -0.2) is 4.79 Å². The van der Waals surface area contributed by atoms with E-state index in [2.05, 4.69) is 0 Å². The molecule has 1 heterocycles. The number of carbonyl (C=O) groups excluding carboxylic acids is 1. The third kappa shape index (κ3) is 4.00. The molecular formula is C12H22N2O3. The largest absolute Gasteiger partial charge is 0.480 e. The molecule has 0 radical (unpaired) electrons. The first-order valence-electron chi connectivity index (χ1n) is 6.28. The SMILES string of the molecule is CC(CN)CCC(=O)N1CCCCC1C(=O)O. The maximum Gasteiger partial charge on any atom is 0.326 e. The maximum atomic E-state index is 12.0. The summed E-state index contributed by atoms with van der Waals surface area (Å²) in [4.78, 5) is 24.5. The van der Waals surface area contributed by atoms with Crippen molar-refractivity contribution in [1.82, 2.24) is 4.90 Å². The molecule has 0 saturated carbocycles. The van der Waals surface area contributed by atoms with Gasteiger partial charge >= 0.3 is 5.97 Å². The molecule has 0 spiro atoms. The highest BCUT2D eigenvalue weighted by Gasteiger charge is 2.31. The fraction of sp³-hybridized carbons (Fsp3) is 0.833. The number of nitrogens with two attached hydrogens (primary N) is 1. The Morgan fingerprint density at radius 3 is 2.76 bits per heavy atom. The van der Waals surface area contributed by atoms with Crippen molar-refractivity contribution in [2.75, 3.05) is 13.1 Å². The summed E-state index contributed by atoms with van der Waals surface area (Å²) in [5.41, 5.74) is 5.49. The summed E-state index contributed by atoms with van der Waals surface area (Å²) in [6, 6.07) is -0.621. The van der Waals surface area contributed by atoms with Gasteiger partial charge in [0.15, 0.2) is 0 Å². The van der Waals surface area contributed by atoms with Crippen molar-refractivity contribution in [3.8, 4) is 0 Å². The lowest BCUT2D eigenvalue weighted by Crippen LogP contribution is -2.48. The number of hydrogen-bond acceptors (Lipinski definition) is 3. The molecule has 0 aromatic carbocycles. The average Bonchev–Trinajstić information content (AvgIpc) is 2.35. The number of carboxylic acid groups (broad SMARTS) is 1. The number of aliphatic carboxylic acids is 1. The molecular weight excluding hydrogens is 220 g/mol. The fourth-order valence-corrected chi connectivity index (χ4v) is 2.12. The quantitative estimate of drug-likeness (QED) is 0.748. The van der Waals surface area contributed by atoms with E-state index < -0.39 is 12.0 Å². The van der Waals surface area contributed by atoms with E-state index >= 15 is 0 Å². The van der Waals surface area contributed by atoms with E-state index in [9.17, 15) is 9.59 Å². The minimum Gasteiger partial charge on any atom is -0.480 e. The summed E-state index contributed by atoms with van der Waals surface area (Å²) < 4.78 is 0. The molecule has 98 valence electrons. The molecule has 0 aliphatic carbocycles. The monoisotopic (exact) mass is 242 g/mol. The zero-order valence-corrected chi connectivity index (χ0v) is 10.4. The predicted molar refractivity (Wildman–Crippen MR) is 64.4 cm³/mol. The van der Waals surface area contributed by atoms with Crippen LogP contribution in [0, 0.1) is 5.92 Å². The Balaban J connectivity index is 2.50. The molecule has 2 unspecified atom stereocenters. The van der Waals surface area contributed by atoms with Crippen LogP contribution in [0.25, 0.3) is 0 Å². The van der Waals surface area contributed by atoms with Crippen LogP contribution >= 0.6 is 0 Å².